The molecule has 1 saturated heterocycles. The highest BCUT2D eigenvalue weighted by atomic mass is 35.5. The van der Waals surface area contributed by atoms with Gasteiger partial charge in [-0.3, -0.25) is 4.90 Å². The van der Waals surface area contributed by atoms with Gasteiger partial charge in [-0.25, -0.2) is 0 Å². The molecule has 0 amide bonds. The first kappa shape index (κ1) is 14.9. The molecule has 0 radical (unpaired) electrons. The van der Waals surface area contributed by atoms with E-state index in [2.05, 4.69) is 27.5 Å². The van der Waals surface area contributed by atoms with E-state index in [1.54, 1.807) is 0 Å². The lowest BCUT2D eigenvalue weighted by Crippen LogP contribution is -2.37. The average Bonchev–Trinajstić information content (AvgIpc) is 2.90. The van der Waals surface area contributed by atoms with E-state index in [4.69, 9.17) is 16.3 Å². The SMILES string of the molecule is Clc1ccc2c(CNCCCN3CCOCC3)c[nH]c2c1. The van der Waals surface area contributed by atoms with Crippen molar-refractivity contribution in [3.63, 3.8) is 0 Å². The Labute approximate surface area is 130 Å². The lowest BCUT2D eigenvalue weighted by Gasteiger charge is -2.26. The third kappa shape index (κ3) is 3.98. The second-order valence-electron chi connectivity index (χ2n) is 5.49. The summed E-state index contributed by atoms with van der Waals surface area (Å²) in [5.41, 5.74) is 2.40. The summed E-state index contributed by atoms with van der Waals surface area (Å²) in [5.74, 6) is 0. The van der Waals surface area contributed by atoms with Gasteiger partial charge in [-0.2, -0.15) is 0 Å². The van der Waals surface area contributed by atoms with Crippen molar-refractivity contribution in [1.29, 1.82) is 0 Å². The molecule has 0 spiro atoms. The summed E-state index contributed by atoms with van der Waals surface area (Å²) in [5, 5.41) is 5.55. The minimum absolute atomic E-state index is 0.773. The minimum Gasteiger partial charge on any atom is -0.379 e. The van der Waals surface area contributed by atoms with Crippen LogP contribution in [-0.4, -0.2) is 49.3 Å². The van der Waals surface area contributed by atoms with Gasteiger partial charge in [0.1, 0.15) is 0 Å². The Bertz CT molecular complexity index is 578. The van der Waals surface area contributed by atoms with Crippen LogP contribution in [0.15, 0.2) is 24.4 Å². The number of aromatic amines is 1. The smallest absolute Gasteiger partial charge is 0.0594 e. The molecule has 0 atom stereocenters. The van der Waals surface area contributed by atoms with Gasteiger partial charge in [0.2, 0.25) is 0 Å². The number of nitrogens with one attached hydrogen (secondary N) is 2. The lowest BCUT2D eigenvalue weighted by molar-refractivity contribution is 0.0374. The molecular formula is C16H22ClN3O. The van der Waals surface area contributed by atoms with E-state index in [-0.39, 0.29) is 0 Å². The van der Waals surface area contributed by atoms with E-state index >= 15 is 0 Å². The quantitative estimate of drug-likeness (QED) is 0.806. The van der Waals surface area contributed by atoms with Crippen molar-refractivity contribution >= 4 is 22.5 Å². The van der Waals surface area contributed by atoms with Crippen molar-refractivity contribution in [2.45, 2.75) is 13.0 Å². The van der Waals surface area contributed by atoms with Crippen LogP contribution in [-0.2, 0) is 11.3 Å². The molecule has 0 aliphatic carbocycles. The number of benzene rings is 1. The van der Waals surface area contributed by atoms with Crippen LogP contribution in [0.1, 0.15) is 12.0 Å². The van der Waals surface area contributed by atoms with Crippen LogP contribution in [0.3, 0.4) is 0 Å². The molecule has 1 aromatic heterocycles. The first-order valence-electron chi connectivity index (χ1n) is 7.59. The zero-order valence-electron chi connectivity index (χ0n) is 12.2. The van der Waals surface area contributed by atoms with Crippen LogP contribution in [0.4, 0.5) is 0 Å². The maximum atomic E-state index is 6.00. The van der Waals surface area contributed by atoms with E-state index in [0.717, 1.165) is 56.5 Å². The van der Waals surface area contributed by atoms with Crippen molar-refractivity contribution in [3.8, 4) is 0 Å². The van der Waals surface area contributed by atoms with Crippen molar-refractivity contribution in [2.75, 3.05) is 39.4 Å². The van der Waals surface area contributed by atoms with E-state index in [0.29, 0.717) is 0 Å². The Hall–Kier alpha value is -1.07. The van der Waals surface area contributed by atoms with E-state index in [1.807, 2.05) is 12.1 Å². The summed E-state index contributed by atoms with van der Waals surface area (Å²) in [6, 6.07) is 6.00. The Balaban J connectivity index is 1.42. The maximum absolute atomic E-state index is 6.00. The molecule has 1 fully saturated rings. The number of fused-ring (bicyclic) bond motifs is 1. The summed E-state index contributed by atoms with van der Waals surface area (Å²) >= 11 is 6.00. The van der Waals surface area contributed by atoms with Crippen molar-refractivity contribution in [1.82, 2.24) is 15.2 Å². The number of halogens is 1. The maximum Gasteiger partial charge on any atom is 0.0594 e. The Kier molecular flexibility index (Phi) is 5.14. The molecule has 0 saturated carbocycles. The summed E-state index contributed by atoms with van der Waals surface area (Å²) in [6.07, 6.45) is 3.24. The van der Waals surface area contributed by atoms with Crippen LogP contribution >= 0.6 is 11.6 Å². The highest BCUT2D eigenvalue weighted by Crippen LogP contribution is 2.21. The Morgan fingerprint density at radius 1 is 1.29 bits per heavy atom. The van der Waals surface area contributed by atoms with Crippen LogP contribution < -0.4 is 5.32 Å². The number of hydrogen-bond acceptors (Lipinski definition) is 3. The molecule has 114 valence electrons. The highest BCUT2D eigenvalue weighted by molar-refractivity contribution is 6.31. The molecule has 2 N–H and O–H groups in total. The van der Waals surface area contributed by atoms with Gasteiger partial charge >= 0.3 is 0 Å². The largest absolute Gasteiger partial charge is 0.379 e. The predicted octanol–water partition coefficient (Wildman–Crippen LogP) is 2.63. The van der Waals surface area contributed by atoms with E-state index in [1.165, 1.54) is 17.4 Å². The van der Waals surface area contributed by atoms with E-state index in [9.17, 15) is 0 Å². The molecule has 1 aliphatic rings. The fraction of sp³-hybridized carbons (Fsp3) is 0.500. The predicted molar refractivity (Wildman–Crippen MR) is 86.9 cm³/mol. The molecule has 1 aliphatic heterocycles. The van der Waals surface area contributed by atoms with Crippen molar-refractivity contribution < 1.29 is 4.74 Å². The van der Waals surface area contributed by atoms with Crippen LogP contribution in [0.25, 0.3) is 10.9 Å². The molecule has 4 nitrogen and oxygen atoms in total. The summed E-state index contributed by atoms with van der Waals surface area (Å²) in [7, 11) is 0. The normalized spacial score (nSPS) is 16.6. The van der Waals surface area contributed by atoms with Gasteiger partial charge in [-0.15, -0.1) is 0 Å². The van der Waals surface area contributed by atoms with Crippen LogP contribution in [0, 0.1) is 0 Å². The number of ether oxygens (including phenoxy) is 1. The first-order valence-corrected chi connectivity index (χ1v) is 7.97. The molecule has 1 aromatic carbocycles. The van der Waals surface area contributed by atoms with Crippen molar-refractivity contribution in [2.24, 2.45) is 0 Å². The van der Waals surface area contributed by atoms with Crippen molar-refractivity contribution in [3.05, 3.63) is 35.0 Å². The Morgan fingerprint density at radius 2 is 2.14 bits per heavy atom. The second kappa shape index (κ2) is 7.27. The molecule has 2 aromatic rings. The highest BCUT2D eigenvalue weighted by Gasteiger charge is 2.09. The molecule has 0 unspecified atom stereocenters. The zero-order chi connectivity index (χ0) is 14.5. The molecule has 2 heterocycles. The number of nitrogens with zero attached hydrogens (tertiary/aromatic N) is 1. The number of morpholine rings is 1. The monoisotopic (exact) mass is 307 g/mol. The number of rotatable bonds is 6. The zero-order valence-corrected chi connectivity index (χ0v) is 13.0. The number of hydrogen-bond donors (Lipinski definition) is 2. The molecule has 5 heteroatoms. The fourth-order valence-corrected chi connectivity index (χ4v) is 2.95. The number of H-pyrrole nitrogens is 1. The van der Waals surface area contributed by atoms with Gasteiger partial charge in [0.05, 0.1) is 13.2 Å². The molecule has 0 bridgehead atoms. The third-order valence-corrected chi connectivity index (χ3v) is 4.21. The van der Waals surface area contributed by atoms with Crippen LogP contribution in [0.2, 0.25) is 5.02 Å². The summed E-state index contributed by atoms with van der Waals surface area (Å²) in [4.78, 5) is 5.75. The first-order chi connectivity index (χ1) is 10.3. The summed E-state index contributed by atoms with van der Waals surface area (Å²) in [6.45, 7) is 6.99. The van der Waals surface area contributed by atoms with Gasteiger partial charge in [-0.05, 0) is 37.2 Å². The number of aromatic nitrogens is 1. The topological polar surface area (TPSA) is 40.3 Å². The Morgan fingerprint density at radius 3 is 3.00 bits per heavy atom. The summed E-state index contributed by atoms with van der Waals surface area (Å²) < 4.78 is 5.36. The standard InChI is InChI=1S/C16H22ClN3O/c17-14-2-3-15-13(12-19-16(15)10-14)11-18-4-1-5-20-6-8-21-9-7-20/h2-3,10,12,18-19H,1,4-9,11H2. The molecule has 21 heavy (non-hydrogen) atoms. The van der Waals surface area contributed by atoms with Gasteiger partial charge in [0, 0.05) is 41.8 Å². The van der Waals surface area contributed by atoms with E-state index < -0.39 is 0 Å². The minimum atomic E-state index is 0.773. The van der Waals surface area contributed by atoms with Gasteiger partial charge in [-0.1, -0.05) is 17.7 Å². The third-order valence-electron chi connectivity index (χ3n) is 3.98. The van der Waals surface area contributed by atoms with Gasteiger partial charge in [0.25, 0.3) is 0 Å². The average molecular weight is 308 g/mol. The second-order valence-corrected chi connectivity index (χ2v) is 5.92. The molecular weight excluding hydrogens is 286 g/mol. The lowest BCUT2D eigenvalue weighted by atomic mass is 10.2. The van der Waals surface area contributed by atoms with Gasteiger partial charge < -0.3 is 15.0 Å². The fourth-order valence-electron chi connectivity index (χ4n) is 2.78. The molecule has 3 rings (SSSR count). The van der Waals surface area contributed by atoms with Crippen LogP contribution in [0.5, 0.6) is 0 Å². The van der Waals surface area contributed by atoms with Gasteiger partial charge in [0.15, 0.2) is 0 Å².